The average molecular weight is 365 g/mol. The standard InChI is InChI=1S/C18H28N4O2S/c1-14(2)25(23,24)22-11-7-16(8-12-22)13-15-3-5-17(6-4-15)21-18-19-9-10-20-18/h3-6,14,16H,7-13H2,1-2H3,(H2,19,20,21). The first kappa shape index (κ1) is 18.2. The fourth-order valence-corrected chi connectivity index (χ4v) is 4.66. The molecule has 0 radical (unpaired) electrons. The number of rotatable bonds is 5. The van der Waals surface area contributed by atoms with Crippen molar-refractivity contribution in [1.29, 1.82) is 0 Å². The molecule has 0 bridgehead atoms. The van der Waals surface area contributed by atoms with E-state index in [0.29, 0.717) is 19.0 Å². The highest BCUT2D eigenvalue weighted by atomic mass is 32.2. The lowest BCUT2D eigenvalue weighted by Gasteiger charge is -2.32. The maximum absolute atomic E-state index is 12.2. The van der Waals surface area contributed by atoms with Gasteiger partial charge in [-0.2, -0.15) is 0 Å². The number of piperidine rings is 1. The summed E-state index contributed by atoms with van der Waals surface area (Å²) in [5.41, 5.74) is 2.34. The van der Waals surface area contributed by atoms with Crippen LogP contribution in [0.25, 0.3) is 0 Å². The highest BCUT2D eigenvalue weighted by molar-refractivity contribution is 7.89. The van der Waals surface area contributed by atoms with Gasteiger partial charge < -0.3 is 10.6 Å². The third kappa shape index (κ3) is 4.52. The van der Waals surface area contributed by atoms with Gasteiger partial charge >= 0.3 is 0 Å². The molecular weight excluding hydrogens is 336 g/mol. The minimum Gasteiger partial charge on any atom is -0.354 e. The Morgan fingerprint density at radius 2 is 1.92 bits per heavy atom. The molecule has 2 aliphatic heterocycles. The van der Waals surface area contributed by atoms with Crippen LogP contribution in [0.15, 0.2) is 29.3 Å². The van der Waals surface area contributed by atoms with Gasteiger partial charge in [-0.05, 0) is 56.7 Å². The van der Waals surface area contributed by atoms with Crippen LogP contribution in [-0.4, -0.2) is 50.1 Å². The summed E-state index contributed by atoms with van der Waals surface area (Å²) in [4.78, 5) is 4.33. The molecule has 138 valence electrons. The number of hydrogen-bond acceptors (Lipinski definition) is 5. The van der Waals surface area contributed by atoms with E-state index >= 15 is 0 Å². The Hall–Kier alpha value is -1.60. The molecule has 1 aromatic carbocycles. The Morgan fingerprint density at radius 3 is 2.48 bits per heavy atom. The molecule has 2 aliphatic rings. The Labute approximate surface area is 150 Å². The van der Waals surface area contributed by atoms with Gasteiger partial charge in [-0.3, -0.25) is 4.99 Å². The van der Waals surface area contributed by atoms with Gasteiger partial charge in [-0.25, -0.2) is 12.7 Å². The van der Waals surface area contributed by atoms with E-state index in [4.69, 9.17) is 0 Å². The number of guanidine groups is 1. The van der Waals surface area contributed by atoms with Gasteiger partial charge in [-0.1, -0.05) is 12.1 Å². The first-order chi connectivity index (χ1) is 11.9. The molecule has 1 fully saturated rings. The smallest absolute Gasteiger partial charge is 0.216 e. The lowest BCUT2D eigenvalue weighted by atomic mass is 9.91. The molecule has 7 heteroatoms. The van der Waals surface area contributed by atoms with E-state index in [0.717, 1.165) is 44.0 Å². The van der Waals surface area contributed by atoms with Crippen LogP contribution in [0.5, 0.6) is 0 Å². The van der Waals surface area contributed by atoms with Crippen LogP contribution in [0.4, 0.5) is 5.69 Å². The van der Waals surface area contributed by atoms with E-state index in [1.165, 1.54) is 5.56 Å². The summed E-state index contributed by atoms with van der Waals surface area (Å²) < 4.78 is 26.1. The topological polar surface area (TPSA) is 73.8 Å². The number of aliphatic imine (C=N–C) groups is 1. The van der Waals surface area contributed by atoms with E-state index in [1.807, 2.05) is 0 Å². The summed E-state index contributed by atoms with van der Waals surface area (Å²) >= 11 is 0. The highest BCUT2D eigenvalue weighted by Gasteiger charge is 2.30. The van der Waals surface area contributed by atoms with Crippen LogP contribution in [0.1, 0.15) is 32.3 Å². The molecule has 2 heterocycles. The van der Waals surface area contributed by atoms with Gasteiger partial charge in [0.05, 0.1) is 11.8 Å². The zero-order valence-electron chi connectivity index (χ0n) is 15.0. The number of anilines is 1. The summed E-state index contributed by atoms with van der Waals surface area (Å²) in [6, 6.07) is 8.45. The molecule has 6 nitrogen and oxygen atoms in total. The molecule has 0 aromatic heterocycles. The summed E-state index contributed by atoms with van der Waals surface area (Å²) in [7, 11) is -3.11. The van der Waals surface area contributed by atoms with Gasteiger partial charge in [0.25, 0.3) is 0 Å². The second-order valence-electron chi connectivity index (χ2n) is 7.12. The Balaban J connectivity index is 1.50. The van der Waals surface area contributed by atoms with E-state index < -0.39 is 10.0 Å². The molecule has 0 unspecified atom stereocenters. The van der Waals surface area contributed by atoms with Crippen LogP contribution >= 0.6 is 0 Å². The molecule has 0 amide bonds. The maximum atomic E-state index is 12.2. The normalized spacial score (nSPS) is 19.7. The van der Waals surface area contributed by atoms with Crippen molar-refractivity contribution in [2.24, 2.45) is 10.9 Å². The fourth-order valence-electron chi connectivity index (χ4n) is 3.34. The molecule has 25 heavy (non-hydrogen) atoms. The lowest BCUT2D eigenvalue weighted by Crippen LogP contribution is -2.42. The zero-order valence-corrected chi connectivity index (χ0v) is 15.8. The van der Waals surface area contributed by atoms with Gasteiger partial charge in [0, 0.05) is 25.3 Å². The Kier molecular flexibility index (Phi) is 5.64. The van der Waals surface area contributed by atoms with Crippen molar-refractivity contribution >= 4 is 21.7 Å². The summed E-state index contributed by atoms with van der Waals surface area (Å²) in [6.07, 6.45) is 2.88. The van der Waals surface area contributed by atoms with Gasteiger partial charge in [0.15, 0.2) is 5.96 Å². The van der Waals surface area contributed by atoms with Crippen molar-refractivity contribution in [3.8, 4) is 0 Å². The van der Waals surface area contributed by atoms with Gasteiger partial charge in [0.2, 0.25) is 10.0 Å². The molecule has 2 N–H and O–H groups in total. The van der Waals surface area contributed by atoms with Crippen molar-refractivity contribution in [2.75, 3.05) is 31.5 Å². The molecule has 1 aromatic rings. The molecule has 0 aliphatic carbocycles. The van der Waals surface area contributed by atoms with Gasteiger partial charge in [-0.15, -0.1) is 0 Å². The predicted molar refractivity (Wildman–Crippen MR) is 102 cm³/mol. The fraction of sp³-hybridized carbons (Fsp3) is 0.611. The Morgan fingerprint density at radius 1 is 1.24 bits per heavy atom. The van der Waals surface area contributed by atoms with Crippen molar-refractivity contribution < 1.29 is 8.42 Å². The lowest BCUT2D eigenvalue weighted by molar-refractivity contribution is 0.271. The van der Waals surface area contributed by atoms with Crippen LogP contribution in [0.2, 0.25) is 0 Å². The molecule has 3 rings (SSSR count). The average Bonchev–Trinajstić information content (AvgIpc) is 3.10. The molecular formula is C18H28N4O2S. The van der Waals surface area contributed by atoms with Crippen LogP contribution in [-0.2, 0) is 16.4 Å². The number of nitrogens with zero attached hydrogens (tertiary/aromatic N) is 2. The van der Waals surface area contributed by atoms with Crippen LogP contribution in [0.3, 0.4) is 0 Å². The second-order valence-corrected chi connectivity index (χ2v) is 9.61. The second kappa shape index (κ2) is 7.74. The SMILES string of the molecule is CC(C)S(=O)(=O)N1CCC(Cc2ccc(NC3=NCCN3)cc2)CC1. The Bertz CT molecular complexity index is 705. The van der Waals surface area contributed by atoms with E-state index in [9.17, 15) is 8.42 Å². The minimum absolute atomic E-state index is 0.331. The minimum atomic E-state index is -3.11. The van der Waals surface area contributed by atoms with Crippen molar-refractivity contribution in [2.45, 2.75) is 38.4 Å². The number of sulfonamides is 1. The molecule has 0 atom stereocenters. The van der Waals surface area contributed by atoms with Crippen LogP contribution < -0.4 is 10.6 Å². The number of benzene rings is 1. The molecule has 0 spiro atoms. The monoisotopic (exact) mass is 364 g/mol. The van der Waals surface area contributed by atoms with Gasteiger partial charge in [0.1, 0.15) is 0 Å². The first-order valence-electron chi connectivity index (χ1n) is 9.08. The van der Waals surface area contributed by atoms with Crippen molar-refractivity contribution in [3.05, 3.63) is 29.8 Å². The number of nitrogens with one attached hydrogen (secondary N) is 2. The highest BCUT2D eigenvalue weighted by Crippen LogP contribution is 2.25. The zero-order chi connectivity index (χ0) is 17.9. The quantitative estimate of drug-likeness (QED) is 0.839. The van der Waals surface area contributed by atoms with Crippen LogP contribution in [0, 0.1) is 5.92 Å². The largest absolute Gasteiger partial charge is 0.354 e. The van der Waals surface area contributed by atoms with E-state index in [2.05, 4.69) is 39.9 Å². The van der Waals surface area contributed by atoms with Crippen molar-refractivity contribution in [1.82, 2.24) is 9.62 Å². The molecule has 1 saturated heterocycles. The summed E-state index contributed by atoms with van der Waals surface area (Å²) in [5, 5.41) is 6.13. The maximum Gasteiger partial charge on any atom is 0.216 e. The summed E-state index contributed by atoms with van der Waals surface area (Å²) in [6.45, 7) is 6.53. The van der Waals surface area contributed by atoms with E-state index in [-0.39, 0.29) is 5.25 Å². The third-order valence-corrected chi connectivity index (χ3v) is 7.22. The predicted octanol–water partition coefficient (Wildman–Crippen LogP) is 2.05. The third-order valence-electron chi connectivity index (χ3n) is 4.94. The first-order valence-corrected chi connectivity index (χ1v) is 10.6. The summed E-state index contributed by atoms with van der Waals surface area (Å²) in [5.74, 6) is 1.39. The molecule has 0 saturated carbocycles. The van der Waals surface area contributed by atoms with E-state index in [1.54, 1.807) is 18.2 Å². The number of hydrogen-bond donors (Lipinski definition) is 2. The van der Waals surface area contributed by atoms with Crippen molar-refractivity contribution in [3.63, 3.8) is 0 Å².